The molecule has 0 aliphatic heterocycles. The van der Waals surface area contributed by atoms with E-state index in [-0.39, 0.29) is 11.6 Å². The van der Waals surface area contributed by atoms with Gasteiger partial charge in [-0.2, -0.15) is 0 Å². The van der Waals surface area contributed by atoms with Crippen molar-refractivity contribution in [2.75, 3.05) is 25.3 Å². The second-order valence-electron chi connectivity index (χ2n) is 5.18. The van der Waals surface area contributed by atoms with Crippen molar-refractivity contribution in [3.05, 3.63) is 54.3 Å². The van der Waals surface area contributed by atoms with Crippen molar-refractivity contribution in [1.82, 2.24) is 9.97 Å². The van der Waals surface area contributed by atoms with Crippen LogP contribution in [0.4, 0.5) is 21.7 Å². The third-order valence-electron chi connectivity index (χ3n) is 3.52. The molecule has 7 heteroatoms. The molecule has 25 heavy (non-hydrogen) atoms. The third kappa shape index (κ3) is 3.60. The van der Waals surface area contributed by atoms with Crippen LogP contribution in [0.5, 0.6) is 11.5 Å². The van der Waals surface area contributed by atoms with E-state index in [1.165, 1.54) is 12.1 Å². The number of nitrogen functional groups attached to an aromatic ring is 1. The summed E-state index contributed by atoms with van der Waals surface area (Å²) >= 11 is 0. The number of halogens is 1. The molecule has 3 aromatic rings. The Kier molecular flexibility index (Phi) is 4.65. The van der Waals surface area contributed by atoms with Gasteiger partial charge in [0.05, 0.1) is 19.9 Å². The minimum atomic E-state index is -0.382. The molecule has 0 spiro atoms. The van der Waals surface area contributed by atoms with E-state index in [1.54, 1.807) is 50.6 Å². The zero-order valence-corrected chi connectivity index (χ0v) is 13.8. The minimum Gasteiger partial charge on any atom is -0.493 e. The number of aromatic nitrogens is 2. The first kappa shape index (κ1) is 16.5. The van der Waals surface area contributed by atoms with E-state index in [9.17, 15) is 4.39 Å². The number of methoxy groups -OCH3 is 2. The van der Waals surface area contributed by atoms with Gasteiger partial charge >= 0.3 is 0 Å². The number of anilines is 3. The number of nitrogens with zero attached hydrogens (tertiary/aromatic N) is 2. The molecule has 3 rings (SSSR count). The fourth-order valence-electron chi connectivity index (χ4n) is 2.34. The lowest BCUT2D eigenvalue weighted by Crippen LogP contribution is -2.02. The van der Waals surface area contributed by atoms with Gasteiger partial charge in [-0.1, -0.05) is 12.1 Å². The van der Waals surface area contributed by atoms with Gasteiger partial charge < -0.3 is 20.5 Å². The van der Waals surface area contributed by atoms with Gasteiger partial charge in [-0.05, 0) is 30.3 Å². The van der Waals surface area contributed by atoms with Crippen LogP contribution >= 0.6 is 0 Å². The van der Waals surface area contributed by atoms with E-state index in [0.29, 0.717) is 34.4 Å². The summed E-state index contributed by atoms with van der Waals surface area (Å²) in [6.07, 6.45) is 0. The SMILES string of the molecule is COc1ccc(-c2nc(N)cc(Nc3ccccc3F)n2)cc1OC. The minimum absolute atomic E-state index is 0.263. The maximum absolute atomic E-state index is 13.8. The van der Waals surface area contributed by atoms with Crippen molar-refractivity contribution in [1.29, 1.82) is 0 Å². The molecule has 0 bridgehead atoms. The number of para-hydroxylation sites is 1. The molecule has 1 heterocycles. The van der Waals surface area contributed by atoms with Gasteiger partial charge in [0.15, 0.2) is 17.3 Å². The van der Waals surface area contributed by atoms with Gasteiger partial charge in [-0.15, -0.1) is 0 Å². The molecule has 3 N–H and O–H groups in total. The number of rotatable bonds is 5. The average molecular weight is 340 g/mol. The number of benzene rings is 2. The molecule has 0 aliphatic rings. The number of ether oxygens (including phenoxy) is 2. The molecule has 0 saturated carbocycles. The van der Waals surface area contributed by atoms with Gasteiger partial charge in [0, 0.05) is 11.6 Å². The van der Waals surface area contributed by atoms with E-state index >= 15 is 0 Å². The Morgan fingerprint density at radius 1 is 0.960 bits per heavy atom. The first-order valence-corrected chi connectivity index (χ1v) is 7.49. The average Bonchev–Trinajstić information content (AvgIpc) is 2.62. The summed E-state index contributed by atoms with van der Waals surface area (Å²) in [6.45, 7) is 0. The lowest BCUT2D eigenvalue weighted by atomic mass is 10.2. The molecule has 128 valence electrons. The molecule has 6 nitrogen and oxygen atoms in total. The standard InChI is InChI=1S/C18H17FN4O2/c1-24-14-8-7-11(9-15(14)25-2)18-22-16(20)10-17(23-18)21-13-6-4-3-5-12(13)19/h3-10H,1-2H3,(H3,20,21,22,23). The highest BCUT2D eigenvalue weighted by molar-refractivity contribution is 5.66. The molecule has 0 atom stereocenters. The first-order valence-electron chi connectivity index (χ1n) is 7.49. The summed E-state index contributed by atoms with van der Waals surface area (Å²) in [7, 11) is 3.11. The molecule has 0 aliphatic carbocycles. The van der Waals surface area contributed by atoms with Gasteiger partial charge in [-0.3, -0.25) is 0 Å². The van der Waals surface area contributed by atoms with Crippen LogP contribution in [0.2, 0.25) is 0 Å². The van der Waals surface area contributed by atoms with Crippen LogP contribution in [0.3, 0.4) is 0 Å². The number of nitrogens with one attached hydrogen (secondary N) is 1. The normalized spacial score (nSPS) is 10.4. The molecule has 0 fully saturated rings. The fraction of sp³-hybridized carbons (Fsp3) is 0.111. The van der Waals surface area contributed by atoms with Gasteiger partial charge in [0.2, 0.25) is 0 Å². The monoisotopic (exact) mass is 340 g/mol. The predicted octanol–water partition coefficient (Wildman–Crippen LogP) is 3.63. The van der Waals surface area contributed by atoms with Crippen LogP contribution in [0, 0.1) is 5.82 Å². The fourth-order valence-corrected chi connectivity index (χ4v) is 2.34. The van der Waals surface area contributed by atoms with Crippen LogP contribution in [-0.2, 0) is 0 Å². The number of hydrogen-bond acceptors (Lipinski definition) is 6. The Morgan fingerprint density at radius 2 is 1.72 bits per heavy atom. The highest BCUT2D eigenvalue weighted by atomic mass is 19.1. The van der Waals surface area contributed by atoms with Crippen molar-refractivity contribution >= 4 is 17.3 Å². The molecule has 0 saturated heterocycles. The van der Waals surface area contributed by atoms with E-state index in [4.69, 9.17) is 15.2 Å². The highest BCUT2D eigenvalue weighted by Crippen LogP contribution is 2.32. The molecule has 1 aromatic heterocycles. The second-order valence-corrected chi connectivity index (χ2v) is 5.18. The van der Waals surface area contributed by atoms with E-state index in [1.807, 2.05) is 0 Å². The zero-order chi connectivity index (χ0) is 17.8. The molecule has 0 unspecified atom stereocenters. The van der Waals surface area contributed by atoms with Crippen molar-refractivity contribution in [2.45, 2.75) is 0 Å². The summed E-state index contributed by atoms with van der Waals surface area (Å²) in [4.78, 5) is 8.64. The Bertz CT molecular complexity index is 902. The van der Waals surface area contributed by atoms with E-state index in [0.717, 1.165) is 0 Å². The predicted molar refractivity (Wildman–Crippen MR) is 94.7 cm³/mol. The summed E-state index contributed by atoms with van der Waals surface area (Å²) < 4.78 is 24.3. The Balaban J connectivity index is 1.98. The largest absolute Gasteiger partial charge is 0.493 e. The van der Waals surface area contributed by atoms with Crippen molar-refractivity contribution in [3.63, 3.8) is 0 Å². The van der Waals surface area contributed by atoms with Crippen LogP contribution in [0.15, 0.2) is 48.5 Å². The molecule has 2 aromatic carbocycles. The summed E-state index contributed by atoms with van der Waals surface area (Å²) in [5.41, 5.74) is 6.87. The lowest BCUT2D eigenvalue weighted by molar-refractivity contribution is 0.355. The third-order valence-corrected chi connectivity index (χ3v) is 3.52. The molecular formula is C18H17FN4O2. The smallest absolute Gasteiger partial charge is 0.163 e. The number of nitrogens with two attached hydrogens (primary N) is 1. The maximum Gasteiger partial charge on any atom is 0.163 e. The Labute approximate surface area is 144 Å². The Hall–Kier alpha value is -3.35. The van der Waals surface area contributed by atoms with E-state index in [2.05, 4.69) is 15.3 Å². The molecular weight excluding hydrogens is 323 g/mol. The van der Waals surface area contributed by atoms with Crippen LogP contribution in [-0.4, -0.2) is 24.2 Å². The zero-order valence-electron chi connectivity index (χ0n) is 13.8. The summed E-state index contributed by atoms with van der Waals surface area (Å²) in [5, 5.41) is 2.91. The van der Waals surface area contributed by atoms with Gasteiger partial charge in [-0.25, -0.2) is 14.4 Å². The molecule has 0 radical (unpaired) electrons. The van der Waals surface area contributed by atoms with Gasteiger partial charge in [0.25, 0.3) is 0 Å². The topological polar surface area (TPSA) is 82.3 Å². The van der Waals surface area contributed by atoms with Crippen LogP contribution in [0.1, 0.15) is 0 Å². The van der Waals surface area contributed by atoms with Crippen LogP contribution in [0.25, 0.3) is 11.4 Å². The summed E-state index contributed by atoms with van der Waals surface area (Å²) in [6, 6.07) is 13.2. The lowest BCUT2D eigenvalue weighted by Gasteiger charge is -2.11. The Morgan fingerprint density at radius 3 is 2.44 bits per heavy atom. The maximum atomic E-state index is 13.8. The van der Waals surface area contributed by atoms with Crippen LogP contribution < -0.4 is 20.5 Å². The van der Waals surface area contributed by atoms with Gasteiger partial charge in [0.1, 0.15) is 17.5 Å². The van der Waals surface area contributed by atoms with E-state index < -0.39 is 0 Å². The quantitative estimate of drug-likeness (QED) is 0.738. The van der Waals surface area contributed by atoms with Crippen molar-refractivity contribution in [2.24, 2.45) is 0 Å². The number of hydrogen-bond donors (Lipinski definition) is 2. The summed E-state index contributed by atoms with van der Waals surface area (Å²) in [5.74, 6) is 1.81. The second kappa shape index (κ2) is 7.04. The first-order chi connectivity index (χ1) is 12.1. The van der Waals surface area contributed by atoms with Crippen molar-refractivity contribution < 1.29 is 13.9 Å². The highest BCUT2D eigenvalue weighted by Gasteiger charge is 2.11. The van der Waals surface area contributed by atoms with Crippen molar-refractivity contribution in [3.8, 4) is 22.9 Å². The molecule has 0 amide bonds.